The van der Waals surface area contributed by atoms with Crippen LogP contribution in [-0.2, 0) is 6.42 Å². The van der Waals surface area contributed by atoms with E-state index in [4.69, 9.17) is 11.6 Å². The highest BCUT2D eigenvalue weighted by Gasteiger charge is 2.12. The van der Waals surface area contributed by atoms with Gasteiger partial charge in [-0.1, -0.05) is 51.8 Å². The minimum atomic E-state index is -0.139. The molecule has 4 heteroatoms. The Morgan fingerprint density at radius 3 is 2.50 bits per heavy atom. The van der Waals surface area contributed by atoms with Crippen LogP contribution < -0.4 is 5.32 Å². The number of amides is 1. The van der Waals surface area contributed by atoms with E-state index in [9.17, 15) is 4.79 Å². The van der Waals surface area contributed by atoms with Gasteiger partial charge in [-0.25, -0.2) is 0 Å². The van der Waals surface area contributed by atoms with E-state index >= 15 is 0 Å². The lowest BCUT2D eigenvalue weighted by Gasteiger charge is -2.14. The Hall–Kier alpha value is -1.32. The lowest BCUT2D eigenvalue weighted by molar-refractivity contribution is 0.0940. The van der Waals surface area contributed by atoms with Crippen molar-refractivity contribution in [2.45, 2.75) is 19.4 Å². The standard InChI is InChI=1S/C16H15BrClNO/c1-11(10-12-6-8-13(17)9-7-12)19-16(20)14-4-2-3-5-15(14)18/h2-9,11H,10H2,1H3,(H,19,20)/t11-/m1/s1. The molecule has 2 rings (SSSR count). The fourth-order valence-electron chi connectivity index (χ4n) is 1.97. The first-order valence-electron chi connectivity index (χ1n) is 6.36. The number of halogens is 2. The largest absolute Gasteiger partial charge is 0.349 e. The topological polar surface area (TPSA) is 29.1 Å². The van der Waals surface area contributed by atoms with Gasteiger partial charge in [-0.05, 0) is 43.2 Å². The molecular formula is C16H15BrClNO. The summed E-state index contributed by atoms with van der Waals surface area (Å²) in [5.74, 6) is -0.139. The van der Waals surface area contributed by atoms with E-state index in [1.807, 2.05) is 37.3 Å². The van der Waals surface area contributed by atoms with Gasteiger partial charge < -0.3 is 5.32 Å². The lowest BCUT2D eigenvalue weighted by Crippen LogP contribution is -2.34. The van der Waals surface area contributed by atoms with E-state index < -0.39 is 0 Å². The first-order chi connectivity index (χ1) is 9.56. The van der Waals surface area contributed by atoms with E-state index in [1.165, 1.54) is 5.56 Å². The van der Waals surface area contributed by atoms with Gasteiger partial charge in [-0.3, -0.25) is 4.79 Å². The quantitative estimate of drug-likeness (QED) is 0.864. The zero-order chi connectivity index (χ0) is 14.5. The molecule has 1 atom stereocenters. The van der Waals surface area contributed by atoms with Gasteiger partial charge in [0.25, 0.3) is 5.91 Å². The van der Waals surface area contributed by atoms with Gasteiger partial charge in [0.05, 0.1) is 10.6 Å². The van der Waals surface area contributed by atoms with Gasteiger partial charge in [-0.2, -0.15) is 0 Å². The van der Waals surface area contributed by atoms with E-state index in [1.54, 1.807) is 18.2 Å². The first-order valence-corrected chi connectivity index (χ1v) is 7.53. The van der Waals surface area contributed by atoms with Crippen molar-refractivity contribution in [3.8, 4) is 0 Å². The van der Waals surface area contributed by atoms with Crippen molar-refractivity contribution in [3.63, 3.8) is 0 Å². The molecule has 1 amide bonds. The molecule has 2 aromatic carbocycles. The number of hydrogen-bond acceptors (Lipinski definition) is 1. The van der Waals surface area contributed by atoms with Gasteiger partial charge in [0, 0.05) is 10.5 Å². The van der Waals surface area contributed by atoms with Gasteiger partial charge in [-0.15, -0.1) is 0 Å². The van der Waals surface area contributed by atoms with Gasteiger partial charge >= 0.3 is 0 Å². The monoisotopic (exact) mass is 351 g/mol. The zero-order valence-electron chi connectivity index (χ0n) is 11.1. The highest BCUT2D eigenvalue weighted by Crippen LogP contribution is 2.15. The summed E-state index contributed by atoms with van der Waals surface area (Å²) in [6.45, 7) is 1.98. The molecule has 0 saturated heterocycles. The minimum absolute atomic E-state index is 0.0416. The SMILES string of the molecule is C[C@H](Cc1ccc(Br)cc1)NC(=O)c1ccccc1Cl. The molecule has 20 heavy (non-hydrogen) atoms. The number of carbonyl (C=O) groups is 1. The van der Waals surface area contributed by atoms with Crippen molar-refractivity contribution in [2.75, 3.05) is 0 Å². The van der Waals surface area contributed by atoms with E-state index in [-0.39, 0.29) is 11.9 Å². The molecule has 0 aliphatic heterocycles. The van der Waals surface area contributed by atoms with E-state index in [0.717, 1.165) is 10.9 Å². The predicted octanol–water partition coefficient (Wildman–Crippen LogP) is 4.46. The zero-order valence-corrected chi connectivity index (χ0v) is 13.4. The van der Waals surface area contributed by atoms with E-state index in [2.05, 4.69) is 21.2 Å². The summed E-state index contributed by atoms with van der Waals surface area (Å²) < 4.78 is 1.05. The number of rotatable bonds is 4. The van der Waals surface area contributed by atoms with Gasteiger partial charge in [0.15, 0.2) is 0 Å². The maximum absolute atomic E-state index is 12.1. The summed E-state index contributed by atoms with van der Waals surface area (Å²) >= 11 is 9.42. The molecule has 0 heterocycles. The second-order valence-electron chi connectivity index (χ2n) is 4.68. The van der Waals surface area contributed by atoms with Gasteiger partial charge in [0.2, 0.25) is 0 Å². The van der Waals surface area contributed by atoms with Crippen LogP contribution >= 0.6 is 27.5 Å². The summed E-state index contributed by atoms with van der Waals surface area (Å²) in [5.41, 5.74) is 1.69. The maximum Gasteiger partial charge on any atom is 0.253 e. The van der Waals surface area contributed by atoms with Crippen molar-refractivity contribution in [1.29, 1.82) is 0 Å². The number of benzene rings is 2. The number of carbonyl (C=O) groups excluding carboxylic acids is 1. The number of hydrogen-bond donors (Lipinski definition) is 1. The van der Waals surface area contributed by atoms with Crippen LogP contribution in [-0.4, -0.2) is 11.9 Å². The average Bonchev–Trinajstić information content (AvgIpc) is 2.41. The minimum Gasteiger partial charge on any atom is -0.349 e. The van der Waals surface area contributed by atoms with Crippen LogP contribution in [0, 0.1) is 0 Å². The highest BCUT2D eigenvalue weighted by molar-refractivity contribution is 9.10. The van der Waals surface area contributed by atoms with Crippen LogP contribution in [0.4, 0.5) is 0 Å². The molecule has 0 unspecified atom stereocenters. The summed E-state index contributed by atoms with van der Waals surface area (Å²) in [6, 6.07) is 15.2. The second-order valence-corrected chi connectivity index (χ2v) is 6.01. The van der Waals surface area contributed by atoms with Crippen molar-refractivity contribution in [1.82, 2.24) is 5.32 Å². The molecule has 0 aliphatic carbocycles. The van der Waals surface area contributed by atoms with Crippen LogP contribution in [0.2, 0.25) is 5.02 Å². The fourth-order valence-corrected chi connectivity index (χ4v) is 2.46. The smallest absolute Gasteiger partial charge is 0.253 e. The molecule has 0 aliphatic rings. The Labute approximate surface area is 132 Å². The molecule has 1 N–H and O–H groups in total. The molecule has 104 valence electrons. The average molecular weight is 353 g/mol. The normalized spacial score (nSPS) is 11.9. The second kappa shape index (κ2) is 6.91. The Kier molecular flexibility index (Phi) is 5.21. The van der Waals surface area contributed by atoms with E-state index in [0.29, 0.717) is 10.6 Å². The predicted molar refractivity (Wildman–Crippen MR) is 86.2 cm³/mol. The first kappa shape index (κ1) is 15.1. The van der Waals surface area contributed by atoms with Crippen LogP contribution in [0.5, 0.6) is 0 Å². The molecule has 2 nitrogen and oxygen atoms in total. The molecule has 0 bridgehead atoms. The van der Waals surface area contributed by atoms with Crippen molar-refractivity contribution >= 4 is 33.4 Å². The van der Waals surface area contributed by atoms with Crippen LogP contribution in [0.1, 0.15) is 22.8 Å². The third-order valence-electron chi connectivity index (χ3n) is 2.95. The molecule has 0 fully saturated rings. The van der Waals surface area contributed by atoms with Crippen LogP contribution in [0.15, 0.2) is 53.0 Å². The fraction of sp³-hybridized carbons (Fsp3) is 0.188. The summed E-state index contributed by atoms with van der Waals surface area (Å²) in [5, 5.41) is 3.44. The Morgan fingerprint density at radius 2 is 1.85 bits per heavy atom. The molecule has 0 spiro atoms. The maximum atomic E-state index is 12.1. The highest BCUT2D eigenvalue weighted by atomic mass is 79.9. The molecule has 2 aromatic rings. The van der Waals surface area contributed by atoms with Crippen LogP contribution in [0.3, 0.4) is 0 Å². The van der Waals surface area contributed by atoms with Crippen molar-refractivity contribution < 1.29 is 4.79 Å². The van der Waals surface area contributed by atoms with Crippen molar-refractivity contribution in [3.05, 3.63) is 69.2 Å². The third-order valence-corrected chi connectivity index (χ3v) is 3.81. The lowest BCUT2D eigenvalue weighted by atomic mass is 10.1. The molecular weight excluding hydrogens is 338 g/mol. The number of nitrogens with one attached hydrogen (secondary N) is 1. The molecule has 0 saturated carbocycles. The van der Waals surface area contributed by atoms with Crippen molar-refractivity contribution in [2.24, 2.45) is 0 Å². The van der Waals surface area contributed by atoms with Gasteiger partial charge in [0.1, 0.15) is 0 Å². The van der Waals surface area contributed by atoms with Crippen LogP contribution in [0.25, 0.3) is 0 Å². The molecule has 0 radical (unpaired) electrons. The summed E-state index contributed by atoms with van der Waals surface area (Å²) in [7, 11) is 0. The Morgan fingerprint density at radius 1 is 1.20 bits per heavy atom. The Balaban J connectivity index is 1.98. The third kappa shape index (κ3) is 4.09. The summed E-state index contributed by atoms with van der Waals surface area (Å²) in [4.78, 5) is 12.1. The Bertz CT molecular complexity index is 598. The summed E-state index contributed by atoms with van der Waals surface area (Å²) in [6.07, 6.45) is 0.781. The molecule has 0 aromatic heterocycles.